The number of benzene rings is 1. The van der Waals surface area contributed by atoms with Crippen LogP contribution in [0, 0.1) is 0 Å². The molecule has 1 heterocycles. The normalized spacial score (nSPS) is 10.2. The predicted octanol–water partition coefficient (Wildman–Crippen LogP) is 2.77. The van der Waals surface area contributed by atoms with E-state index in [9.17, 15) is 0 Å². The number of aromatic nitrogens is 2. The quantitative estimate of drug-likeness (QED) is 0.734. The van der Waals surface area contributed by atoms with Gasteiger partial charge in [-0.3, -0.25) is 0 Å². The summed E-state index contributed by atoms with van der Waals surface area (Å²) in [4.78, 5) is 4.01. The third kappa shape index (κ3) is 1.80. The predicted molar refractivity (Wildman–Crippen MR) is 56.2 cm³/mol. The molecule has 0 N–H and O–H groups in total. The van der Waals surface area contributed by atoms with Crippen LogP contribution in [0.4, 0.5) is 0 Å². The van der Waals surface area contributed by atoms with Gasteiger partial charge in [0, 0.05) is 23.4 Å². The molecular formula is C10H9BrN2. The lowest BCUT2D eigenvalue weighted by atomic mass is 10.2. The van der Waals surface area contributed by atoms with Gasteiger partial charge < -0.3 is 4.57 Å². The molecule has 0 bridgehead atoms. The first kappa shape index (κ1) is 8.51. The number of nitrogens with zero attached hydrogens (tertiary/aromatic N) is 2. The van der Waals surface area contributed by atoms with Crippen LogP contribution in [0.25, 0.3) is 5.69 Å². The molecule has 0 aliphatic rings. The molecule has 0 aliphatic carbocycles. The highest BCUT2D eigenvalue weighted by molar-refractivity contribution is 9.08. The van der Waals surface area contributed by atoms with Gasteiger partial charge in [0.1, 0.15) is 0 Å². The van der Waals surface area contributed by atoms with Gasteiger partial charge in [-0.15, -0.1) is 0 Å². The summed E-state index contributed by atoms with van der Waals surface area (Å²) in [6.45, 7) is 0. The molecule has 0 aliphatic heterocycles. The summed E-state index contributed by atoms with van der Waals surface area (Å²) in [5.41, 5.74) is 2.42. The Morgan fingerprint density at radius 3 is 3.00 bits per heavy atom. The highest BCUT2D eigenvalue weighted by atomic mass is 79.9. The largest absolute Gasteiger partial charge is 0.306 e. The number of halogens is 1. The summed E-state index contributed by atoms with van der Waals surface area (Å²) in [5, 5.41) is 0.884. The zero-order chi connectivity index (χ0) is 9.10. The SMILES string of the molecule is BrCc1cccc(-n2ccnc2)c1. The van der Waals surface area contributed by atoms with Crippen molar-refractivity contribution in [1.82, 2.24) is 9.55 Å². The molecule has 66 valence electrons. The van der Waals surface area contributed by atoms with Gasteiger partial charge in [-0.25, -0.2) is 4.98 Å². The molecule has 3 heteroatoms. The first-order valence-corrected chi connectivity index (χ1v) is 5.15. The molecule has 2 rings (SSSR count). The maximum absolute atomic E-state index is 4.01. The number of alkyl halides is 1. The Labute approximate surface area is 85.4 Å². The van der Waals surface area contributed by atoms with Crippen molar-refractivity contribution >= 4 is 15.9 Å². The van der Waals surface area contributed by atoms with Gasteiger partial charge in [0.15, 0.2) is 0 Å². The molecule has 0 saturated carbocycles. The van der Waals surface area contributed by atoms with Gasteiger partial charge in [0.2, 0.25) is 0 Å². The van der Waals surface area contributed by atoms with E-state index >= 15 is 0 Å². The second-order valence-electron chi connectivity index (χ2n) is 2.77. The second kappa shape index (κ2) is 3.75. The Bertz CT molecular complexity index is 382. The topological polar surface area (TPSA) is 17.8 Å². The number of rotatable bonds is 2. The molecule has 0 unspecified atom stereocenters. The number of hydrogen-bond acceptors (Lipinski definition) is 1. The Kier molecular flexibility index (Phi) is 2.45. The first-order chi connectivity index (χ1) is 6.40. The molecule has 13 heavy (non-hydrogen) atoms. The summed E-state index contributed by atoms with van der Waals surface area (Å²) < 4.78 is 1.99. The van der Waals surface area contributed by atoms with Crippen molar-refractivity contribution in [1.29, 1.82) is 0 Å². The molecular weight excluding hydrogens is 228 g/mol. The highest BCUT2D eigenvalue weighted by Crippen LogP contribution is 2.12. The summed E-state index contributed by atoms with van der Waals surface area (Å²) in [6, 6.07) is 8.34. The van der Waals surface area contributed by atoms with Crippen LogP contribution in [0.1, 0.15) is 5.56 Å². The van der Waals surface area contributed by atoms with E-state index in [-0.39, 0.29) is 0 Å². The van der Waals surface area contributed by atoms with Gasteiger partial charge in [-0.1, -0.05) is 28.1 Å². The Morgan fingerprint density at radius 1 is 1.38 bits per heavy atom. The monoisotopic (exact) mass is 236 g/mol. The van der Waals surface area contributed by atoms with Crippen molar-refractivity contribution in [3.8, 4) is 5.69 Å². The standard InChI is InChI=1S/C10H9BrN2/c11-7-9-2-1-3-10(6-9)13-5-4-12-8-13/h1-6,8H,7H2. The van der Waals surface area contributed by atoms with Gasteiger partial charge in [0.25, 0.3) is 0 Å². The van der Waals surface area contributed by atoms with Crippen LogP contribution in [0.2, 0.25) is 0 Å². The van der Waals surface area contributed by atoms with E-state index in [4.69, 9.17) is 0 Å². The van der Waals surface area contributed by atoms with Crippen LogP contribution in [-0.2, 0) is 5.33 Å². The number of hydrogen-bond donors (Lipinski definition) is 0. The molecule has 0 atom stereocenters. The molecule has 0 fully saturated rings. The summed E-state index contributed by atoms with van der Waals surface area (Å²) in [6.07, 6.45) is 5.52. The van der Waals surface area contributed by atoms with E-state index in [0.717, 1.165) is 11.0 Å². The lowest BCUT2D eigenvalue weighted by Gasteiger charge is -2.02. The van der Waals surface area contributed by atoms with Crippen molar-refractivity contribution in [2.24, 2.45) is 0 Å². The minimum absolute atomic E-state index is 0.884. The molecule has 2 aromatic rings. The minimum atomic E-state index is 0.884. The summed E-state index contributed by atoms with van der Waals surface area (Å²) in [5.74, 6) is 0. The van der Waals surface area contributed by atoms with E-state index in [1.807, 2.05) is 16.8 Å². The first-order valence-electron chi connectivity index (χ1n) is 4.03. The van der Waals surface area contributed by atoms with Crippen LogP contribution in [0.5, 0.6) is 0 Å². The lowest BCUT2D eigenvalue weighted by Crippen LogP contribution is -1.90. The van der Waals surface area contributed by atoms with E-state index in [1.54, 1.807) is 12.5 Å². The molecule has 1 aromatic carbocycles. The van der Waals surface area contributed by atoms with Crippen LogP contribution < -0.4 is 0 Å². The van der Waals surface area contributed by atoms with Gasteiger partial charge in [-0.2, -0.15) is 0 Å². The molecule has 0 saturated heterocycles. The minimum Gasteiger partial charge on any atom is -0.306 e. The fraction of sp³-hybridized carbons (Fsp3) is 0.100. The summed E-state index contributed by atoms with van der Waals surface area (Å²) >= 11 is 3.43. The average Bonchev–Trinajstić information content (AvgIpc) is 2.71. The molecule has 0 spiro atoms. The number of imidazole rings is 1. The zero-order valence-corrected chi connectivity index (χ0v) is 8.61. The van der Waals surface area contributed by atoms with Crippen LogP contribution in [0.3, 0.4) is 0 Å². The van der Waals surface area contributed by atoms with Crippen LogP contribution in [0.15, 0.2) is 43.0 Å². The van der Waals surface area contributed by atoms with Crippen molar-refractivity contribution in [3.05, 3.63) is 48.5 Å². The van der Waals surface area contributed by atoms with E-state index < -0.39 is 0 Å². The van der Waals surface area contributed by atoms with Crippen molar-refractivity contribution in [2.75, 3.05) is 0 Å². The fourth-order valence-corrected chi connectivity index (χ4v) is 1.56. The lowest BCUT2D eigenvalue weighted by molar-refractivity contribution is 1.05. The maximum Gasteiger partial charge on any atom is 0.0991 e. The average molecular weight is 237 g/mol. The fourth-order valence-electron chi connectivity index (χ4n) is 1.21. The second-order valence-corrected chi connectivity index (χ2v) is 3.33. The third-order valence-corrected chi connectivity index (χ3v) is 2.51. The zero-order valence-electron chi connectivity index (χ0n) is 7.02. The Balaban J connectivity index is 2.41. The molecule has 0 amide bonds. The third-order valence-electron chi connectivity index (χ3n) is 1.87. The maximum atomic E-state index is 4.01. The van der Waals surface area contributed by atoms with Gasteiger partial charge in [0.05, 0.1) is 6.33 Å². The van der Waals surface area contributed by atoms with Crippen molar-refractivity contribution < 1.29 is 0 Å². The van der Waals surface area contributed by atoms with E-state index in [2.05, 4.69) is 39.1 Å². The molecule has 0 radical (unpaired) electrons. The van der Waals surface area contributed by atoms with Crippen LogP contribution in [-0.4, -0.2) is 9.55 Å². The van der Waals surface area contributed by atoms with Crippen LogP contribution >= 0.6 is 15.9 Å². The smallest absolute Gasteiger partial charge is 0.0991 e. The summed E-state index contributed by atoms with van der Waals surface area (Å²) in [7, 11) is 0. The van der Waals surface area contributed by atoms with E-state index in [0.29, 0.717) is 0 Å². The van der Waals surface area contributed by atoms with E-state index in [1.165, 1.54) is 5.56 Å². The van der Waals surface area contributed by atoms with Crippen molar-refractivity contribution in [3.63, 3.8) is 0 Å². The molecule has 1 aromatic heterocycles. The van der Waals surface area contributed by atoms with Crippen molar-refractivity contribution in [2.45, 2.75) is 5.33 Å². The van der Waals surface area contributed by atoms with Gasteiger partial charge >= 0.3 is 0 Å². The van der Waals surface area contributed by atoms with Gasteiger partial charge in [-0.05, 0) is 17.7 Å². The Morgan fingerprint density at radius 2 is 2.31 bits per heavy atom. The Hall–Kier alpha value is -1.09. The highest BCUT2D eigenvalue weighted by Gasteiger charge is 1.95. The molecule has 2 nitrogen and oxygen atoms in total.